The fraction of sp³-hybridized carbons (Fsp3) is 0.238. The molecule has 1 aliphatic rings. The van der Waals surface area contributed by atoms with E-state index in [1.807, 2.05) is 55.5 Å². The Balaban J connectivity index is 1.81. The topological polar surface area (TPSA) is 60.5 Å². The highest BCUT2D eigenvalue weighted by Crippen LogP contribution is 2.35. The summed E-state index contributed by atoms with van der Waals surface area (Å²) in [7, 11) is 0. The van der Waals surface area contributed by atoms with Crippen LogP contribution < -0.4 is 14.8 Å². The van der Waals surface area contributed by atoms with Gasteiger partial charge in [0.1, 0.15) is 13.2 Å². The number of ether oxygens (including phenoxy) is 2. The highest BCUT2D eigenvalue weighted by Gasteiger charge is 2.16. The Bertz CT molecular complexity index is 969. The second-order valence-corrected chi connectivity index (χ2v) is 6.19. The second kappa shape index (κ2) is 7.04. The van der Waals surface area contributed by atoms with Crippen LogP contribution in [0, 0.1) is 0 Å². The molecule has 5 nitrogen and oxygen atoms in total. The average molecular weight is 348 g/mol. The summed E-state index contributed by atoms with van der Waals surface area (Å²) in [5, 5.41) is 3.81. The van der Waals surface area contributed by atoms with E-state index >= 15 is 0 Å². The fourth-order valence-electron chi connectivity index (χ4n) is 3.05. The molecule has 26 heavy (non-hydrogen) atoms. The van der Waals surface area contributed by atoms with Crippen LogP contribution in [0.1, 0.15) is 23.7 Å². The van der Waals surface area contributed by atoms with E-state index in [4.69, 9.17) is 14.5 Å². The molecular formula is C21H20N2O3. The van der Waals surface area contributed by atoms with Crippen LogP contribution in [-0.4, -0.2) is 30.6 Å². The predicted octanol–water partition coefficient (Wildman–Crippen LogP) is 3.81. The number of carbonyl (C=O) groups is 1. The summed E-state index contributed by atoms with van der Waals surface area (Å²) < 4.78 is 11.3. The summed E-state index contributed by atoms with van der Waals surface area (Å²) in [5.74, 6) is 1.37. The van der Waals surface area contributed by atoms with E-state index in [-0.39, 0.29) is 5.91 Å². The predicted molar refractivity (Wildman–Crippen MR) is 101 cm³/mol. The van der Waals surface area contributed by atoms with Gasteiger partial charge in [0.2, 0.25) is 0 Å². The Morgan fingerprint density at radius 3 is 2.73 bits per heavy atom. The van der Waals surface area contributed by atoms with E-state index in [9.17, 15) is 4.79 Å². The number of benzene rings is 2. The van der Waals surface area contributed by atoms with Gasteiger partial charge < -0.3 is 14.8 Å². The van der Waals surface area contributed by atoms with Gasteiger partial charge in [-0.25, -0.2) is 4.98 Å². The molecule has 0 bridgehead atoms. The van der Waals surface area contributed by atoms with Gasteiger partial charge in [0.15, 0.2) is 11.5 Å². The SMILES string of the molecule is CCCNC(=O)c1cc(-c2ccc3c(c2)OCCO3)nc2ccccc12. The van der Waals surface area contributed by atoms with Gasteiger partial charge in [-0.05, 0) is 36.8 Å². The molecule has 3 aromatic rings. The zero-order valence-electron chi connectivity index (χ0n) is 14.6. The van der Waals surface area contributed by atoms with Gasteiger partial charge >= 0.3 is 0 Å². The maximum absolute atomic E-state index is 12.7. The third-order valence-corrected chi connectivity index (χ3v) is 4.33. The van der Waals surface area contributed by atoms with Crippen molar-refractivity contribution in [3.8, 4) is 22.8 Å². The summed E-state index contributed by atoms with van der Waals surface area (Å²) in [6, 6.07) is 15.3. The molecule has 0 saturated heterocycles. The molecule has 0 aliphatic carbocycles. The van der Waals surface area contributed by atoms with Crippen molar-refractivity contribution in [1.82, 2.24) is 10.3 Å². The molecule has 0 atom stereocenters. The molecular weight excluding hydrogens is 328 g/mol. The second-order valence-electron chi connectivity index (χ2n) is 6.19. The highest BCUT2D eigenvalue weighted by atomic mass is 16.6. The number of aromatic nitrogens is 1. The number of hydrogen-bond donors (Lipinski definition) is 1. The molecule has 2 aromatic carbocycles. The van der Waals surface area contributed by atoms with Crippen LogP contribution in [0.4, 0.5) is 0 Å². The number of carbonyl (C=O) groups excluding carboxylic acids is 1. The lowest BCUT2D eigenvalue weighted by molar-refractivity contribution is 0.0955. The van der Waals surface area contributed by atoms with Crippen LogP contribution in [0.25, 0.3) is 22.2 Å². The summed E-state index contributed by atoms with van der Waals surface area (Å²) in [5.41, 5.74) is 3.06. The van der Waals surface area contributed by atoms with Gasteiger partial charge in [-0.2, -0.15) is 0 Å². The first-order chi connectivity index (χ1) is 12.8. The number of nitrogens with one attached hydrogen (secondary N) is 1. The number of fused-ring (bicyclic) bond motifs is 2. The van der Waals surface area contributed by atoms with Gasteiger partial charge in [-0.3, -0.25) is 4.79 Å². The Morgan fingerprint density at radius 2 is 1.88 bits per heavy atom. The minimum absolute atomic E-state index is 0.0794. The first kappa shape index (κ1) is 16.4. The lowest BCUT2D eigenvalue weighted by Gasteiger charge is -2.19. The van der Waals surface area contributed by atoms with Gasteiger partial charge in [-0.15, -0.1) is 0 Å². The van der Waals surface area contributed by atoms with E-state index in [1.165, 1.54) is 0 Å². The molecule has 0 fully saturated rings. The number of hydrogen-bond acceptors (Lipinski definition) is 4. The van der Waals surface area contributed by atoms with Gasteiger partial charge in [0.05, 0.1) is 16.8 Å². The average Bonchev–Trinajstić information content (AvgIpc) is 2.70. The van der Waals surface area contributed by atoms with E-state index in [2.05, 4.69) is 5.32 Å². The molecule has 4 rings (SSSR count). The van der Waals surface area contributed by atoms with Crippen LogP contribution in [0.2, 0.25) is 0 Å². The molecule has 0 radical (unpaired) electrons. The van der Waals surface area contributed by atoms with Crippen molar-refractivity contribution in [1.29, 1.82) is 0 Å². The van der Waals surface area contributed by atoms with Crippen LogP contribution >= 0.6 is 0 Å². The molecule has 0 saturated carbocycles. The molecule has 0 spiro atoms. The van der Waals surface area contributed by atoms with Gasteiger partial charge in [-0.1, -0.05) is 25.1 Å². The summed E-state index contributed by atoms with van der Waals surface area (Å²) in [4.78, 5) is 17.4. The van der Waals surface area contributed by atoms with Gasteiger partial charge in [0.25, 0.3) is 5.91 Å². The van der Waals surface area contributed by atoms with E-state index in [0.29, 0.717) is 31.1 Å². The minimum atomic E-state index is -0.0794. The zero-order valence-corrected chi connectivity index (χ0v) is 14.6. The van der Waals surface area contributed by atoms with E-state index < -0.39 is 0 Å². The normalized spacial score (nSPS) is 12.8. The summed E-state index contributed by atoms with van der Waals surface area (Å²) in [6.07, 6.45) is 0.893. The van der Waals surface area contributed by atoms with Crippen molar-refractivity contribution < 1.29 is 14.3 Å². The third-order valence-electron chi connectivity index (χ3n) is 4.33. The Morgan fingerprint density at radius 1 is 1.08 bits per heavy atom. The van der Waals surface area contributed by atoms with E-state index in [1.54, 1.807) is 0 Å². The monoisotopic (exact) mass is 348 g/mol. The fourth-order valence-corrected chi connectivity index (χ4v) is 3.05. The molecule has 0 unspecified atom stereocenters. The maximum atomic E-state index is 12.7. The summed E-state index contributed by atoms with van der Waals surface area (Å²) in [6.45, 7) is 3.77. The number of amides is 1. The third kappa shape index (κ3) is 3.08. The number of para-hydroxylation sites is 1. The lowest BCUT2D eigenvalue weighted by atomic mass is 10.0. The van der Waals surface area contributed by atoms with Crippen LogP contribution in [-0.2, 0) is 0 Å². The van der Waals surface area contributed by atoms with Crippen LogP contribution in [0.3, 0.4) is 0 Å². The smallest absolute Gasteiger partial charge is 0.252 e. The van der Waals surface area contributed by atoms with Crippen molar-refractivity contribution in [3.63, 3.8) is 0 Å². The first-order valence-corrected chi connectivity index (χ1v) is 8.84. The zero-order chi connectivity index (χ0) is 17.9. The molecule has 2 heterocycles. The molecule has 132 valence electrons. The molecule has 1 aliphatic heterocycles. The summed E-state index contributed by atoms with van der Waals surface area (Å²) >= 11 is 0. The maximum Gasteiger partial charge on any atom is 0.252 e. The largest absolute Gasteiger partial charge is 0.486 e. The molecule has 1 amide bonds. The number of rotatable bonds is 4. The Kier molecular flexibility index (Phi) is 4.44. The van der Waals surface area contributed by atoms with Crippen molar-refractivity contribution in [3.05, 3.63) is 54.1 Å². The Labute approximate surface area is 152 Å². The molecule has 1 N–H and O–H groups in total. The van der Waals surface area contributed by atoms with E-state index in [0.717, 1.165) is 34.3 Å². The minimum Gasteiger partial charge on any atom is -0.486 e. The number of nitrogens with zero attached hydrogens (tertiary/aromatic N) is 1. The van der Waals surface area contributed by atoms with Crippen molar-refractivity contribution in [2.45, 2.75) is 13.3 Å². The van der Waals surface area contributed by atoms with Crippen molar-refractivity contribution in [2.24, 2.45) is 0 Å². The molecule has 1 aromatic heterocycles. The first-order valence-electron chi connectivity index (χ1n) is 8.84. The van der Waals surface area contributed by atoms with Gasteiger partial charge in [0, 0.05) is 17.5 Å². The lowest BCUT2D eigenvalue weighted by Crippen LogP contribution is -2.24. The number of pyridine rings is 1. The van der Waals surface area contributed by atoms with Crippen LogP contribution in [0.15, 0.2) is 48.5 Å². The van der Waals surface area contributed by atoms with Crippen molar-refractivity contribution in [2.75, 3.05) is 19.8 Å². The van der Waals surface area contributed by atoms with Crippen molar-refractivity contribution >= 4 is 16.8 Å². The van der Waals surface area contributed by atoms with Crippen LogP contribution in [0.5, 0.6) is 11.5 Å². The quantitative estimate of drug-likeness (QED) is 0.779. The highest BCUT2D eigenvalue weighted by molar-refractivity contribution is 6.07. The Hall–Kier alpha value is -3.08. The molecule has 5 heteroatoms. The standard InChI is InChI=1S/C21H20N2O3/c1-2-9-22-21(24)16-13-18(23-17-6-4-3-5-15(16)17)14-7-8-19-20(12-14)26-11-10-25-19/h3-8,12-13H,2,9-11H2,1H3,(H,22,24).